The Kier molecular flexibility index (Phi) is 5.22. The largest absolute Gasteiger partial charge is 0.454 e. The standard InChI is InChI=1S/C23H18ClN3O5S/c1-12-13(2)33-22-20(12)21(29)27(16-5-3-4-14(24)8-16)23(30)26(22)10-19(28)25-15-6-7-17-18(9-15)32-11-31-17/h3-9H,10-11H2,1-2H3,(H,25,28). The average molecular weight is 484 g/mol. The maximum atomic E-state index is 13.5. The number of anilines is 1. The Bertz CT molecular complexity index is 1550. The first-order valence-corrected chi connectivity index (χ1v) is 11.2. The maximum Gasteiger partial charge on any atom is 0.337 e. The normalized spacial score (nSPS) is 12.3. The molecule has 4 aromatic rings. The molecule has 0 saturated carbocycles. The van der Waals surface area contributed by atoms with Gasteiger partial charge >= 0.3 is 5.69 Å². The van der Waals surface area contributed by atoms with Gasteiger partial charge in [0.2, 0.25) is 12.7 Å². The fourth-order valence-corrected chi connectivity index (χ4v) is 5.08. The molecule has 3 heterocycles. The van der Waals surface area contributed by atoms with E-state index in [1.165, 1.54) is 15.9 Å². The van der Waals surface area contributed by atoms with Crippen LogP contribution in [0.2, 0.25) is 5.02 Å². The van der Waals surface area contributed by atoms with E-state index in [1.807, 2.05) is 13.8 Å². The SMILES string of the molecule is Cc1sc2c(c1C)c(=O)n(-c1cccc(Cl)c1)c(=O)n2CC(=O)Nc1ccc2c(c1)OCO2. The van der Waals surface area contributed by atoms with Gasteiger partial charge in [0.15, 0.2) is 11.5 Å². The van der Waals surface area contributed by atoms with Gasteiger partial charge in [0, 0.05) is 21.7 Å². The predicted octanol–water partition coefficient (Wildman–Crippen LogP) is 3.85. The summed E-state index contributed by atoms with van der Waals surface area (Å²) in [7, 11) is 0. The quantitative estimate of drug-likeness (QED) is 0.476. The number of aromatic nitrogens is 2. The Labute approximate surface area is 196 Å². The molecule has 0 saturated heterocycles. The van der Waals surface area contributed by atoms with Crippen molar-refractivity contribution in [1.82, 2.24) is 9.13 Å². The van der Waals surface area contributed by atoms with E-state index >= 15 is 0 Å². The number of hydrogen-bond donors (Lipinski definition) is 1. The van der Waals surface area contributed by atoms with Gasteiger partial charge < -0.3 is 14.8 Å². The summed E-state index contributed by atoms with van der Waals surface area (Å²) in [6, 6.07) is 11.5. The second-order valence-corrected chi connectivity index (χ2v) is 9.21. The van der Waals surface area contributed by atoms with Crippen molar-refractivity contribution in [2.75, 3.05) is 12.1 Å². The summed E-state index contributed by atoms with van der Waals surface area (Å²) in [5, 5.41) is 3.58. The summed E-state index contributed by atoms with van der Waals surface area (Å²) >= 11 is 7.41. The van der Waals surface area contributed by atoms with Crippen molar-refractivity contribution in [2.24, 2.45) is 0 Å². The van der Waals surface area contributed by atoms with Crippen LogP contribution in [0.4, 0.5) is 5.69 Å². The number of hydrogen-bond acceptors (Lipinski definition) is 6. The maximum absolute atomic E-state index is 13.5. The van der Waals surface area contributed by atoms with E-state index < -0.39 is 17.2 Å². The molecule has 0 fully saturated rings. The molecule has 0 radical (unpaired) electrons. The van der Waals surface area contributed by atoms with Crippen LogP contribution < -0.4 is 26.0 Å². The Morgan fingerprint density at radius 1 is 1.12 bits per heavy atom. The van der Waals surface area contributed by atoms with Crippen LogP contribution in [0.1, 0.15) is 10.4 Å². The zero-order chi connectivity index (χ0) is 23.3. The Morgan fingerprint density at radius 2 is 1.91 bits per heavy atom. The Hall–Kier alpha value is -3.56. The molecule has 2 aromatic carbocycles. The number of nitrogens with zero attached hydrogens (tertiary/aromatic N) is 2. The summed E-state index contributed by atoms with van der Waals surface area (Å²) in [5.41, 5.74) is 0.576. The number of amides is 1. The molecule has 1 aliphatic heterocycles. The summed E-state index contributed by atoms with van der Waals surface area (Å²) in [4.78, 5) is 41.0. The van der Waals surface area contributed by atoms with Gasteiger partial charge in [0.05, 0.1) is 11.1 Å². The number of carbonyl (C=O) groups excluding carboxylic acids is 1. The first-order valence-electron chi connectivity index (χ1n) is 10.0. The highest BCUT2D eigenvalue weighted by Gasteiger charge is 2.21. The molecule has 33 heavy (non-hydrogen) atoms. The minimum atomic E-state index is -0.614. The lowest BCUT2D eigenvalue weighted by Crippen LogP contribution is -2.40. The highest BCUT2D eigenvalue weighted by Crippen LogP contribution is 2.34. The Balaban J connectivity index is 1.60. The van der Waals surface area contributed by atoms with E-state index in [0.717, 1.165) is 15.0 Å². The monoisotopic (exact) mass is 483 g/mol. The summed E-state index contributed by atoms with van der Waals surface area (Å²) in [6.07, 6.45) is 0. The number of benzene rings is 2. The summed E-state index contributed by atoms with van der Waals surface area (Å²) in [5.74, 6) is 0.715. The van der Waals surface area contributed by atoms with E-state index in [-0.39, 0.29) is 13.3 Å². The lowest BCUT2D eigenvalue weighted by Gasteiger charge is -2.13. The fraction of sp³-hybridized carbons (Fsp3) is 0.174. The molecule has 0 unspecified atom stereocenters. The number of carbonyl (C=O) groups is 1. The predicted molar refractivity (Wildman–Crippen MR) is 127 cm³/mol. The number of nitrogens with one attached hydrogen (secondary N) is 1. The highest BCUT2D eigenvalue weighted by atomic mass is 35.5. The molecular formula is C23H18ClN3O5S. The van der Waals surface area contributed by atoms with E-state index in [9.17, 15) is 14.4 Å². The number of ether oxygens (including phenoxy) is 2. The van der Waals surface area contributed by atoms with E-state index in [1.54, 1.807) is 42.5 Å². The lowest BCUT2D eigenvalue weighted by atomic mass is 10.2. The van der Waals surface area contributed by atoms with Crippen LogP contribution in [-0.2, 0) is 11.3 Å². The van der Waals surface area contributed by atoms with Crippen molar-refractivity contribution in [3.8, 4) is 17.2 Å². The van der Waals surface area contributed by atoms with Gasteiger partial charge in [-0.2, -0.15) is 0 Å². The summed E-state index contributed by atoms with van der Waals surface area (Å²) < 4.78 is 13.0. The molecule has 0 bridgehead atoms. The number of fused-ring (bicyclic) bond motifs is 2. The van der Waals surface area contributed by atoms with Gasteiger partial charge in [-0.05, 0) is 49.7 Å². The lowest BCUT2D eigenvalue weighted by molar-refractivity contribution is -0.116. The van der Waals surface area contributed by atoms with Crippen LogP contribution in [0, 0.1) is 13.8 Å². The zero-order valence-electron chi connectivity index (χ0n) is 17.7. The topological polar surface area (TPSA) is 91.6 Å². The highest BCUT2D eigenvalue weighted by molar-refractivity contribution is 7.18. The van der Waals surface area contributed by atoms with Crippen LogP contribution in [0.15, 0.2) is 52.1 Å². The van der Waals surface area contributed by atoms with Crippen LogP contribution in [-0.4, -0.2) is 21.8 Å². The molecule has 168 valence electrons. The minimum Gasteiger partial charge on any atom is -0.454 e. The van der Waals surface area contributed by atoms with Crippen molar-refractivity contribution >= 4 is 44.7 Å². The molecule has 1 amide bonds. The van der Waals surface area contributed by atoms with E-state index in [2.05, 4.69) is 5.32 Å². The van der Waals surface area contributed by atoms with Gasteiger partial charge in [-0.25, -0.2) is 9.36 Å². The van der Waals surface area contributed by atoms with Gasteiger partial charge in [-0.3, -0.25) is 14.2 Å². The van der Waals surface area contributed by atoms with Gasteiger partial charge in [-0.15, -0.1) is 11.3 Å². The number of rotatable bonds is 4. The third-order valence-corrected chi connectivity index (χ3v) is 6.94. The Morgan fingerprint density at radius 3 is 2.70 bits per heavy atom. The van der Waals surface area contributed by atoms with Crippen molar-refractivity contribution < 1.29 is 14.3 Å². The average Bonchev–Trinajstić information content (AvgIpc) is 3.35. The molecule has 1 N–H and O–H groups in total. The fourth-order valence-electron chi connectivity index (χ4n) is 3.76. The molecular weight excluding hydrogens is 466 g/mol. The van der Waals surface area contributed by atoms with Gasteiger partial charge in [0.25, 0.3) is 5.56 Å². The van der Waals surface area contributed by atoms with E-state index in [0.29, 0.717) is 38.1 Å². The van der Waals surface area contributed by atoms with E-state index in [4.69, 9.17) is 21.1 Å². The second-order valence-electron chi connectivity index (χ2n) is 7.57. The molecule has 0 aliphatic carbocycles. The van der Waals surface area contributed by atoms with Gasteiger partial charge in [-0.1, -0.05) is 17.7 Å². The minimum absolute atomic E-state index is 0.127. The molecule has 1 aliphatic rings. The molecule has 5 rings (SSSR count). The molecule has 10 heteroatoms. The third-order valence-electron chi connectivity index (χ3n) is 5.48. The van der Waals surface area contributed by atoms with Crippen molar-refractivity contribution in [3.63, 3.8) is 0 Å². The molecule has 8 nitrogen and oxygen atoms in total. The number of thiophene rings is 1. The smallest absolute Gasteiger partial charge is 0.337 e. The zero-order valence-corrected chi connectivity index (χ0v) is 19.2. The van der Waals surface area contributed by atoms with Crippen molar-refractivity contribution in [1.29, 1.82) is 0 Å². The summed E-state index contributed by atoms with van der Waals surface area (Å²) in [6.45, 7) is 3.57. The van der Waals surface area contributed by atoms with Crippen LogP contribution >= 0.6 is 22.9 Å². The first-order chi connectivity index (χ1) is 15.8. The molecule has 0 atom stereocenters. The van der Waals surface area contributed by atoms with Crippen LogP contribution in [0.25, 0.3) is 15.9 Å². The molecule has 0 spiro atoms. The van der Waals surface area contributed by atoms with Crippen LogP contribution in [0.3, 0.4) is 0 Å². The first kappa shape index (κ1) is 21.3. The van der Waals surface area contributed by atoms with Crippen molar-refractivity contribution in [3.05, 3.63) is 78.8 Å². The third kappa shape index (κ3) is 3.69. The second kappa shape index (κ2) is 8.09. The van der Waals surface area contributed by atoms with Crippen molar-refractivity contribution in [2.45, 2.75) is 20.4 Å². The number of halogens is 1. The number of aryl methyl sites for hydroxylation is 2. The molecule has 2 aromatic heterocycles. The van der Waals surface area contributed by atoms with Crippen LogP contribution in [0.5, 0.6) is 11.5 Å². The van der Waals surface area contributed by atoms with Gasteiger partial charge in [0.1, 0.15) is 11.4 Å².